The summed E-state index contributed by atoms with van der Waals surface area (Å²) in [5.74, 6) is 1.39. The Balaban J connectivity index is 2.55. The summed E-state index contributed by atoms with van der Waals surface area (Å²) in [6.45, 7) is 4.88. The van der Waals surface area contributed by atoms with Gasteiger partial charge >= 0.3 is 6.03 Å². The Labute approximate surface area is 89.3 Å². The van der Waals surface area contributed by atoms with Crippen LogP contribution in [0.3, 0.4) is 0 Å². The zero-order valence-corrected chi connectivity index (χ0v) is 9.61. The molecule has 0 atom stereocenters. The van der Waals surface area contributed by atoms with E-state index in [9.17, 15) is 4.79 Å². The van der Waals surface area contributed by atoms with Crippen molar-refractivity contribution in [2.75, 3.05) is 20.6 Å². The maximum Gasteiger partial charge on any atom is 0.319 e. The predicted octanol–water partition coefficient (Wildman–Crippen LogP) is 0.617. The Morgan fingerprint density at radius 3 is 2.53 bits per heavy atom. The van der Waals surface area contributed by atoms with E-state index in [4.69, 9.17) is 0 Å². The first kappa shape index (κ1) is 11.5. The summed E-state index contributed by atoms with van der Waals surface area (Å²) >= 11 is 0. The van der Waals surface area contributed by atoms with Crippen LogP contribution in [0, 0.1) is 6.92 Å². The van der Waals surface area contributed by atoms with Crippen LogP contribution >= 0.6 is 0 Å². The van der Waals surface area contributed by atoms with Gasteiger partial charge in [0, 0.05) is 20.6 Å². The number of carbonyl (C=O) groups is 1. The molecule has 0 fully saturated rings. The first-order valence-corrected chi connectivity index (χ1v) is 4.88. The van der Waals surface area contributed by atoms with Gasteiger partial charge in [0.15, 0.2) is 5.82 Å². The molecule has 0 spiro atoms. The van der Waals surface area contributed by atoms with Gasteiger partial charge in [0.1, 0.15) is 5.82 Å². The fourth-order valence-electron chi connectivity index (χ4n) is 1.17. The van der Waals surface area contributed by atoms with Crippen LogP contribution in [0.5, 0.6) is 0 Å². The quantitative estimate of drug-likeness (QED) is 0.797. The second kappa shape index (κ2) is 4.77. The van der Waals surface area contributed by atoms with Gasteiger partial charge in [-0.3, -0.25) is 5.10 Å². The number of urea groups is 1. The molecule has 1 aromatic rings. The van der Waals surface area contributed by atoms with E-state index in [1.165, 1.54) is 0 Å². The van der Waals surface area contributed by atoms with Crippen molar-refractivity contribution in [2.45, 2.75) is 20.4 Å². The largest absolute Gasteiger partial charge is 0.328 e. The minimum atomic E-state index is -0.0278. The second-order valence-corrected chi connectivity index (χ2v) is 3.49. The maximum absolute atomic E-state index is 11.7. The molecule has 84 valence electrons. The summed E-state index contributed by atoms with van der Waals surface area (Å²) in [5.41, 5.74) is 0. The van der Waals surface area contributed by atoms with Crippen LogP contribution in [0.15, 0.2) is 0 Å². The summed E-state index contributed by atoms with van der Waals surface area (Å²) in [5, 5.41) is 6.72. The summed E-state index contributed by atoms with van der Waals surface area (Å²) < 4.78 is 0. The zero-order valence-electron chi connectivity index (χ0n) is 9.61. The number of aromatic amines is 1. The maximum atomic E-state index is 11.7. The molecule has 0 aromatic carbocycles. The molecule has 1 rings (SSSR count). The number of amides is 2. The number of nitrogens with one attached hydrogen (secondary N) is 1. The molecule has 6 heteroatoms. The predicted molar refractivity (Wildman–Crippen MR) is 56.3 cm³/mol. The van der Waals surface area contributed by atoms with Crippen molar-refractivity contribution in [1.82, 2.24) is 25.0 Å². The van der Waals surface area contributed by atoms with Crippen molar-refractivity contribution in [1.29, 1.82) is 0 Å². The highest BCUT2D eigenvalue weighted by atomic mass is 16.2. The van der Waals surface area contributed by atoms with Crippen molar-refractivity contribution >= 4 is 6.03 Å². The average molecular weight is 211 g/mol. The number of aromatic nitrogens is 3. The van der Waals surface area contributed by atoms with Gasteiger partial charge in [-0.25, -0.2) is 9.78 Å². The smallest absolute Gasteiger partial charge is 0.319 e. The number of nitrogens with zero attached hydrogens (tertiary/aromatic N) is 4. The Bertz CT molecular complexity index is 335. The molecule has 15 heavy (non-hydrogen) atoms. The molecule has 0 aliphatic carbocycles. The number of rotatable bonds is 3. The van der Waals surface area contributed by atoms with E-state index < -0.39 is 0 Å². The highest BCUT2D eigenvalue weighted by Crippen LogP contribution is 2.00. The van der Waals surface area contributed by atoms with E-state index in [1.54, 1.807) is 23.9 Å². The molecule has 0 aliphatic heterocycles. The van der Waals surface area contributed by atoms with Crippen LogP contribution in [0.4, 0.5) is 4.79 Å². The molecule has 0 saturated carbocycles. The molecule has 6 nitrogen and oxygen atoms in total. The average Bonchev–Trinajstić information content (AvgIpc) is 2.61. The lowest BCUT2D eigenvalue weighted by Crippen LogP contribution is -2.38. The van der Waals surface area contributed by atoms with E-state index in [0.717, 1.165) is 5.82 Å². The third-order valence-electron chi connectivity index (χ3n) is 2.15. The lowest BCUT2D eigenvalue weighted by Gasteiger charge is -2.22. The first-order chi connectivity index (χ1) is 7.04. The molecular weight excluding hydrogens is 194 g/mol. The van der Waals surface area contributed by atoms with E-state index in [0.29, 0.717) is 18.9 Å². The van der Waals surface area contributed by atoms with Crippen molar-refractivity contribution in [3.63, 3.8) is 0 Å². The number of carbonyl (C=O) groups excluding carboxylic acids is 1. The minimum Gasteiger partial charge on any atom is -0.328 e. The van der Waals surface area contributed by atoms with Crippen molar-refractivity contribution in [3.05, 3.63) is 11.6 Å². The summed E-state index contributed by atoms with van der Waals surface area (Å²) in [6.07, 6.45) is 0. The van der Waals surface area contributed by atoms with Crippen LogP contribution in [0.1, 0.15) is 18.6 Å². The van der Waals surface area contributed by atoms with E-state index >= 15 is 0 Å². The fourth-order valence-corrected chi connectivity index (χ4v) is 1.17. The topological polar surface area (TPSA) is 65.1 Å². The van der Waals surface area contributed by atoms with Crippen LogP contribution < -0.4 is 0 Å². The third kappa shape index (κ3) is 2.93. The molecule has 1 aromatic heterocycles. The summed E-state index contributed by atoms with van der Waals surface area (Å²) in [7, 11) is 3.50. The Kier molecular flexibility index (Phi) is 3.65. The van der Waals surface area contributed by atoms with Gasteiger partial charge in [-0.1, -0.05) is 0 Å². The van der Waals surface area contributed by atoms with Gasteiger partial charge in [-0.2, -0.15) is 5.10 Å². The molecule has 1 heterocycles. The van der Waals surface area contributed by atoms with Crippen molar-refractivity contribution in [3.8, 4) is 0 Å². The summed E-state index contributed by atoms with van der Waals surface area (Å²) in [6, 6.07) is -0.0278. The van der Waals surface area contributed by atoms with Crippen molar-refractivity contribution in [2.24, 2.45) is 0 Å². The Morgan fingerprint density at radius 1 is 1.40 bits per heavy atom. The molecule has 0 saturated heterocycles. The minimum absolute atomic E-state index is 0.0278. The van der Waals surface area contributed by atoms with E-state index in [2.05, 4.69) is 15.2 Å². The summed E-state index contributed by atoms with van der Waals surface area (Å²) in [4.78, 5) is 19.0. The number of hydrogen-bond acceptors (Lipinski definition) is 3. The van der Waals surface area contributed by atoms with Gasteiger partial charge in [-0.15, -0.1) is 0 Å². The Morgan fingerprint density at radius 2 is 2.07 bits per heavy atom. The van der Waals surface area contributed by atoms with E-state index in [1.807, 2.05) is 13.8 Å². The normalized spacial score (nSPS) is 10.1. The monoisotopic (exact) mass is 211 g/mol. The van der Waals surface area contributed by atoms with E-state index in [-0.39, 0.29) is 6.03 Å². The lowest BCUT2D eigenvalue weighted by atomic mass is 10.5. The zero-order chi connectivity index (χ0) is 11.4. The Hall–Kier alpha value is -1.59. The number of hydrogen-bond donors (Lipinski definition) is 1. The third-order valence-corrected chi connectivity index (χ3v) is 2.15. The highest BCUT2D eigenvalue weighted by Gasteiger charge is 2.14. The van der Waals surface area contributed by atoms with Gasteiger partial charge in [-0.05, 0) is 13.8 Å². The lowest BCUT2D eigenvalue weighted by molar-refractivity contribution is 0.172. The van der Waals surface area contributed by atoms with Crippen LogP contribution in [0.25, 0.3) is 0 Å². The van der Waals surface area contributed by atoms with Crippen molar-refractivity contribution < 1.29 is 4.79 Å². The van der Waals surface area contributed by atoms with Gasteiger partial charge in [0.05, 0.1) is 6.54 Å². The SMILES string of the molecule is CCN(C)C(=O)N(C)Cc1n[nH]c(C)n1. The number of aryl methyl sites for hydroxylation is 1. The molecule has 0 aliphatic rings. The second-order valence-electron chi connectivity index (χ2n) is 3.49. The molecular formula is C9H17N5O. The molecule has 1 N–H and O–H groups in total. The van der Waals surface area contributed by atoms with Crippen LogP contribution in [-0.2, 0) is 6.54 Å². The molecule has 0 bridgehead atoms. The van der Waals surface area contributed by atoms with Crippen LogP contribution in [-0.4, -0.2) is 51.7 Å². The highest BCUT2D eigenvalue weighted by molar-refractivity contribution is 5.73. The standard InChI is InChI=1S/C9H17N5O/c1-5-13(3)9(15)14(4)6-8-10-7(2)11-12-8/h5-6H2,1-4H3,(H,10,11,12). The molecule has 2 amide bonds. The molecule has 0 radical (unpaired) electrons. The van der Waals surface area contributed by atoms with Gasteiger partial charge < -0.3 is 9.80 Å². The number of H-pyrrole nitrogens is 1. The molecule has 0 unspecified atom stereocenters. The van der Waals surface area contributed by atoms with Crippen LogP contribution in [0.2, 0.25) is 0 Å². The fraction of sp³-hybridized carbons (Fsp3) is 0.667. The van der Waals surface area contributed by atoms with Gasteiger partial charge in [0.2, 0.25) is 0 Å². The first-order valence-electron chi connectivity index (χ1n) is 4.88. The van der Waals surface area contributed by atoms with Gasteiger partial charge in [0.25, 0.3) is 0 Å².